The summed E-state index contributed by atoms with van der Waals surface area (Å²) in [5.74, 6) is 0.0378. The standard InChI is InChI=1S/C24H30BClN2O5/c1-13-9-10-15(11-16(13)21(29)30-8)31-22-27-20-14(2)19(17(26)12-18(20)28(22)7)25-32-23(3,4)24(5,6)33-25/h9-12,14,20H,1-8H3. The first-order valence-corrected chi connectivity index (χ1v) is 11.4. The summed E-state index contributed by atoms with van der Waals surface area (Å²) < 4.78 is 23.5. The van der Waals surface area contributed by atoms with Crippen LogP contribution in [0, 0.1) is 12.8 Å². The van der Waals surface area contributed by atoms with Crippen LogP contribution in [0.15, 0.2) is 45.5 Å². The van der Waals surface area contributed by atoms with Gasteiger partial charge < -0.3 is 23.7 Å². The van der Waals surface area contributed by atoms with Gasteiger partial charge >= 0.3 is 13.1 Å². The Kier molecular flexibility index (Phi) is 5.92. The minimum atomic E-state index is -0.541. The van der Waals surface area contributed by atoms with Crippen molar-refractivity contribution >= 4 is 30.7 Å². The minimum Gasteiger partial charge on any atom is -0.465 e. The normalized spacial score (nSPS) is 25.6. The van der Waals surface area contributed by atoms with Crippen molar-refractivity contribution in [2.45, 2.75) is 58.8 Å². The van der Waals surface area contributed by atoms with E-state index >= 15 is 0 Å². The third kappa shape index (κ3) is 3.98. The van der Waals surface area contributed by atoms with E-state index in [4.69, 9.17) is 35.4 Å². The Morgan fingerprint density at radius 1 is 1.21 bits per heavy atom. The van der Waals surface area contributed by atoms with Crippen molar-refractivity contribution in [3.05, 3.63) is 51.6 Å². The van der Waals surface area contributed by atoms with Crippen LogP contribution in [0.1, 0.15) is 50.5 Å². The number of fused-ring (bicyclic) bond motifs is 1. The number of halogens is 1. The number of hydrogen-bond acceptors (Lipinski definition) is 7. The molecule has 0 N–H and O–H groups in total. The molecule has 2 aliphatic heterocycles. The summed E-state index contributed by atoms with van der Waals surface area (Å²) in [5.41, 5.74) is 2.16. The zero-order valence-corrected chi connectivity index (χ0v) is 21.1. The molecule has 9 heteroatoms. The van der Waals surface area contributed by atoms with E-state index in [-0.39, 0.29) is 12.0 Å². The number of aliphatic imine (C=N–C) groups is 1. The van der Waals surface area contributed by atoms with Crippen LogP contribution in [-0.2, 0) is 14.0 Å². The van der Waals surface area contributed by atoms with Crippen molar-refractivity contribution in [1.82, 2.24) is 4.90 Å². The Hall–Kier alpha value is -2.29. The van der Waals surface area contributed by atoms with E-state index in [1.165, 1.54) is 7.11 Å². The predicted molar refractivity (Wildman–Crippen MR) is 128 cm³/mol. The smallest absolute Gasteiger partial charge is 0.465 e. The van der Waals surface area contributed by atoms with E-state index < -0.39 is 24.3 Å². The van der Waals surface area contributed by atoms with Crippen molar-refractivity contribution < 1.29 is 23.6 Å². The largest absolute Gasteiger partial charge is 0.492 e. The van der Waals surface area contributed by atoms with Crippen LogP contribution in [0.4, 0.5) is 0 Å². The second-order valence-electron chi connectivity index (χ2n) is 9.74. The summed E-state index contributed by atoms with van der Waals surface area (Å²) in [7, 11) is 2.70. The number of esters is 1. The Labute approximate surface area is 200 Å². The van der Waals surface area contributed by atoms with Crippen molar-refractivity contribution in [2.24, 2.45) is 10.9 Å². The van der Waals surface area contributed by atoms with Gasteiger partial charge in [-0.25, -0.2) is 9.79 Å². The number of methoxy groups -OCH3 is 1. The Morgan fingerprint density at radius 3 is 2.45 bits per heavy atom. The number of allylic oxidation sites excluding steroid dienone is 2. The monoisotopic (exact) mass is 472 g/mol. The van der Waals surface area contributed by atoms with Crippen LogP contribution in [0.25, 0.3) is 0 Å². The minimum absolute atomic E-state index is 0.0561. The van der Waals surface area contributed by atoms with Crippen LogP contribution in [0.5, 0.6) is 5.75 Å². The van der Waals surface area contributed by atoms with E-state index in [2.05, 4.69) is 6.92 Å². The molecule has 1 aromatic carbocycles. The molecule has 4 rings (SSSR count). The van der Waals surface area contributed by atoms with Crippen LogP contribution in [0.3, 0.4) is 0 Å². The van der Waals surface area contributed by atoms with Gasteiger partial charge in [-0.2, -0.15) is 0 Å². The predicted octanol–water partition coefficient (Wildman–Crippen LogP) is 4.49. The first-order chi connectivity index (χ1) is 15.4. The lowest BCUT2D eigenvalue weighted by Crippen LogP contribution is -2.41. The van der Waals surface area contributed by atoms with Crippen LogP contribution in [-0.4, -0.2) is 55.4 Å². The van der Waals surface area contributed by atoms with Gasteiger partial charge in [-0.3, -0.25) is 0 Å². The van der Waals surface area contributed by atoms with E-state index in [9.17, 15) is 4.79 Å². The molecule has 1 aliphatic carbocycles. The second-order valence-corrected chi connectivity index (χ2v) is 10.1. The molecular weight excluding hydrogens is 443 g/mol. The topological polar surface area (TPSA) is 69.6 Å². The summed E-state index contributed by atoms with van der Waals surface area (Å²) in [6.07, 6.45) is 1.90. The number of ether oxygens (including phenoxy) is 2. The zero-order valence-electron chi connectivity index (χ0n) is 20.4. The fraction of sp³-hybridized carbons (Fsp3) is 0.500. The number of carbonyl (C=O) groups is 1. The SMILES string of the molecule is COC(=O)c1cc(OC2=NC3C(=CC(Cl)=C(B4OC(C)(C)C(C)(C)O4)C3C)N2C)ccc1C. The maximum atomic E-state index is 12.1. The summed E-state index contributed by atoms with van der Waals surface area (Å²) in [4.78, 5) is 18.8. The van der Waals surface area contributed by atoms with Gasteiger partial charge in [-0.15, -0.1) is 0 Å². The van der Waals surface area contributed by atoms with Crippen LogP contribution >= 0.6 is 11.6 Å². The molecule has 2 unspecified atom stereocenters. The highest BCUT2D eigenvalue weighted by atomic mass is 35.5. The molecule has 33 heavy (non-hydrogen) atoms. The number of aryl methyl sites for hydroxylation is 1. The van der Waals surface area contributed by atoms with E-state index in [0.717, 1.165) is 16.7 Å². The summed E-state index contributed by atoms with van der Waals surface area (Å²) >= 11 is 6.75. The first kappa shape index (κ1) is 23.9. The molecule has 7 nitrogen and oxygen atoms in total. The molecule has 0 bridgehead atoms. The molecule has 2 heterocycles. The Bertz CT molecular complexity index is 1080. The number of hydrogen-bond donors (Lipinski definition) is 0. The number of rotatable bonds is 3. The molecule has 0 spiro atoms. The summed E-state index contributed by atoms with van der Waals surface area (Å²) in [6, 6.07) is 5.53. The van der Waals surface area contributed by atoms with Gasteiger partial charge in [0.15, 0.2) is 0 Å². The lowest BCUT2D eigenvalue weighted by molar-refractivity contribution is 0.00578. The Balaban J connectivity index is 1.60. The number of likely N-dealkylation sites (N-methyl/N-ethyl adjacent to an activating group) is 1. The van der Waals surface area contributed by atoms with Gasteiger partial charge in [0.1, 0.15) is 11.8 Å². The molecule has 3 aliphatic rings. The lowest BCUT2D eigenvalue weighted by Gasteiger charge is -2.32. The Morgan fingerprint density at radius 2 is 1.85 bits per heavy atom. The van der Waals surface area contributed by atoms with Gasteiger partial charge in [0.2, 0.25) is 0 Å². The third-order valence-electron chi connectivity index (χ3n) is 7.07. The molecule has 176 valence electrons. The molecule has 0 aromatic heterocycles. The fourth-order valence-corrected chi connectivity index (χ4v) is 4.60. The third-order valence-corrected chi connectivity index (χ3v) is 7.40. The number of benzene rings is 1. The molecule has 0 saturated carbocycles. The number of nitrogens with zero attached hydrogens (tertiary/aromatic N) is 2. The quantitative estimate of drug-likeness (QED) is 0.477. The highest BCUT2D eigenvalue weighted by Crippen LogP contribution is 2.45. The van der Waals surface area contributed by atoms with Gasteiger partial charge in [0, 0.05) is 23.7 Å². The van der Waals surface area contributed by atoms with E-state index in [1.54, 1.807) is 12.1 Å². The molecule has 1 fully saturated rings. The number of amidine groups is 1. The summed E-state index contributed by atoms with van der Waals surface area (Å²) in [5, 5.41) is 0.596. The number of carbonyl (C=O) groups excluding carboxylic acids is 1. The van der Waals surface area contributed by atoms with E-state index in [0.29, 0.717) is 22.4 Å². The average Bonchev–Trinajstić information content (AvgIpc) is 3.15. The highest BCUT2D eigenvalue weighted by Gasteiger charge is 2.55. The first-order valence-electron chi connectivity index (χ1n) is 11.0. The van der Waals surface area contributed by atoms with E-state index in [1.807, 2.05) is 58.7 Å². The highest BCUT2D eigenvalue weighted by molar-refractivity contribution is 6.57. The van der Waals surface area contributed by atoms with Crippen molar-refractivity contribution in [3.8, 4) is 5.75 Å². The van der Waals surface area contributed by atoms with Gasteiger partial charge in [0.25, 0.3) is 6.02 Å². The van der Waals surface area contributed by atoms with Gasteiger partial charge in [0.05, 0.1) is 23.9 Å². The van der Waals surface area contributed by atoms with Gasteiger partial charge in [-0.05, 0) is 63.9 Å². The molecular formula is C24H30BClN2O5. The fourth-order valence-electron chi connectivity index (χ4n) is 4.22. The average molecular weight is 473 g/mol. The summed E-state index contributed by atoms with van der Waals surface area (Å²) in [6.45, 7) is 12.0. The lowest BCUT2D eigenvalue weighted by atomic mass is 9.66. The molecule has 1 saturated heterocycles. The van der Waals surface area contributed by atoms with Crippen molar-refractivity contribution in [2.75, 3.05) is 14.2 Å². The van der Waals surface area contributed by atoms with Crippen molar-refractivity contribution in [3.63, 3.8) is 0 Å². The molecule has 0 radical (unpaired) electrons. The zero-order chi connectivity index (χ0) is 24.3. The van der Waals surface area contributed by atoms with Crippen molar-refractivity contribution in [1.29, 1.82) is 0 Å². The second kappa shape index (κ2) is 8.18. The molecule has 1 aromatic rings. The van der Waals surface area contributed by atoms with Crippen LogP contribution in [0.2, 0.25) is 0 Å². The maximum Gasteiger partial charge on any atom is 0.492 e. The maximum absolute atomic E-state index is 12.1. The van der Waals surface area contributed by atoms with Gasteiger partial charge in [-0.1, -0.05) is 24.6 Å². The molecule has 0 amide bonds. The van der Waals surface area contributed by atoms with Crippen LogP contribution < -0.4 is 4.74 Å². The molecule has 2 atom stereocenters.